The van der Waals surface area contributed by atoms with Gasteiger partial charge in [-0.25, -0.2) is 4.98 Å². The van der Waals surface area contributed by atoms with Crippen molar-refractivity contribution in [2.45, 2.75) is 13.3 Å². The van der Waals surface area contributed by atoms with Crippen LogP contribution in [-0.2, 0) is 18.3 Å². The average Bonchev–Trinajstić information content (AvgIpc) is 2.92. The molecule has 0 aliphatic heterocycles. The van der Waals surface area contributed by atoms with Crippen LogP contribution in [0.5, 0.6) is 0 Å². The Bertz CT molecular complexity index is 650. The van der Waals surface area contributed by atoms with Gasteiger partial charge in [-0.1, -0.05) is 0 Å². The molecule has 106 valence electrons. The van der Waals surface area contributed by atoms with Crippen LogP contribution in [0.2, 0.25) is 0 Å². The number of carbonyl (C=O) groups is 2. The smallest absolute Gasteiger partial charge is 0.286 e. The Hall–Kier alpha value is -1.67. The third-order valence-corrected chi connectivity index (χ3v) is 3.78. The number of nitrogens with one attached hydrogen (secondary N) is 2. The molecule has 0 fully saturated rings. The molecule has 0 aliphatic carbocycles. The fourth-order valence-electron chi connectivity index (χ4n) is 1.64. The first-order valence-corrected chi connectivity index (χ1v) is 7.45. The minimum Gasteiger partial charge on any atom is -0.345 e. The second-order valence-corrected chi connectivity index (χ2v) is 6.17. The van der Waals surface area contributed by atoms with E-state index in [9.17, 15) is 9.59 Å². The summed E-state index contributed by atoms with van der Waals surface area (Å²) in [6.07, 6.45) is 1.90. The Labute approximate surface area is 128 Å². The summed E-state index contributed by atoms with van der Waals surface area (Å²) in [6, 6.07) is 1.67. The molecule has 2 amide bonds. The largest absolute Gasteiger partial charge is 0.345 e. The monoisotopic (exact) mass is 356 g/mol. The Kier molecular flexibility index (Phi) is 4.56. The molecule has 2 rings (SSSR count). The quantitative estimate of drug-likeness (QED) is 0.819. The molecule has 0 saturated heterocycles. The van der Waals surface area contributed by atoms with E-state index >= 15 is 0 Å². The van der Waals surface area contributed by atoms with E-state index in [4.69, 9.17) is 0 Å². The highest BCUT2D eigenvalue weighted by Gasteiger charge is 2.12. The first-order valence-electron chi connectivity index (χ1n) is 5.78. The van der Waals surface area contributed by atoms with Gasteiger partial charge in [0.2, 0.25) is 5.91 Å². The second-order valence-electron chi connectivity index (χ2n) is 4.19. The van der Waals surface area contributed by atoms with E-state index in [1.165, 1.54) is 11.3 Å². The summed E-state index contributed by atoms with van der Waals surface area (Å²) in [6.45, 7) is 1.88. The first-order chi connectivity index (χ1) is 9.45. The maximum atomic E-state index is 11.9. The number of hydrazine groups is 1. The van der Waals surface area contributed by atoms with E-state index in [0.717, 1.165) is 9.48 Å². The number of hydrogen-bond donors (Lipinski definition) is 2. The summed E-state index contributed by atoms with van der Waals surface area (Å²) >= 11 is 4.77. The highest BCUT2D eigenvalue weighted by Crippen LogP contribution is 2.13. The van der Waals surface area contributed by atoms with Gasteiger partial charge >= 0.3 is 0 Å². The standard InChI is InChI=1S/C12H13BrN4O2S/c1-7-14-9(6-20-7)4-11(18)15-16-12(19)10-3-8(13)5-17(10)2/h3,5-6H,4H2,1-2H3,(H,15,18)(H,16,19). The van der Waals surface area contributed by atoms with Crippen molar-refractivity contribution in [3.8, 4) is 0 Å². The van der Waals surface area contributed by atoms with E-state index in [0.29, 0.717) is 11.4 Å². The van der Waals surface area contributed by atoms with E-state index in [2.05, 4.69) is 31.8 Å². The lowest BCUT2D eigenvalue weighted by molar-refractivity contribution is -0.121. The molecular weight excluding hydrogens is 344 g/mol. The molecule has 20 heavy (non-hydrogen) atoms. The number of thiazole rings is 1. The van der Waals surface area contributed by atoms with Crippen molar-refractivity contribution in [1.29, 1.82) is 0 Å². The molecule has 0 radical (unpaired) electrons. The van der Waals surface area contributed by atoms with E-state index in [-0.39, 0.29) is 18.2 Å². The summed E-state index contributed by atoms with van der Waals surface area (Å²) in [4.78, 5) is 27.7. The molecule has 0 unspecified atom stereocenters. The normalized spacial score (nSPS) is 10.3. The van der Waals surface area contributed by atoms with Gasteiger partial charge in [0.1, 0.15) is 5.69 Å². The minimum absolute atomic E-state index is 0.140. The number of aromatic nitrogens is 2. The van der Waals surface area contributed by atoms with Crippen LogP contribution in [-0.4, -0.2) is 21.4 Å². The zero-order valence-corrected chi connectivity index (χ0v) is 13.3. The van der Waals surface area contributed by atoms with Gasteiger partial charge < -0.3 is 4.57 Å². The van der Waals surface area contributed by atoms with E-state index < -0.39 is 0 Å². The van der Waals surface area contributed by atoms with Crippen LogP contribution in [0, 0.1) is 6.92 Å². The molecule has 0 bridgehead atoms. The van der Waals surface area contributed by atoms with E-state index in [1.807, 2.05) is 12.3 Å². The zero-order chi connectivity index (χ0) is 14.7. The van der Waals surface area contributed by atoms with Gasteiger partial charge in [-0.05, 0) is 28.9 Å². The highest BCUT2D eigenvalue weighted by atomic mass is 79.9. The fraction of sp³-hybridized carbons (Fsp3) is 0.250. The van der Waals surface area contributed by atoms with Crippen LogP contribution in [0.1, 0.15) is 21.2 Å². The SMILES string of the molecule is Cc1nc(CC(=O)NNC(=O)c2cc(Br)cn2C)cs1. The lowest BCUT2D eigenvalue weighted by Crippen LogP contribution is -2.43. The Balaban J connectivity index is 1.87. The molecule has 2 heterocycles. The van der Waals surface area contributed by atoms with Gasteiger partial charge in [-0.3, -0.25) is 20.4 Å². The molecule has 0 atom stereocenters. The number of halogens is 1. The third kappa shape index (κ3) is 3.67. The highest BCUT2D eigenvalue weighted by molar-refractivity contribution is 9.10. The number of aryl methyl sites for hydroxylation is 2. The first kappa shape index (κ1) is 14.7. The van der Waals surface area contributed by atoms with Crippen LogP contribution in [0.3, 0.4) is 0 Å². The number of nitrogens with zero attached hydrogens (tertiary/aromatic N) is 2. The number of hydrogen-bond acceptors (Lipinski definition) is 4. The van der Waals surface area contributed by atoms with Gasteiger partial charge in [0, 0.05) is 23.1 Å². The molecular formula is C12H13BrN4O2S. The van der Waals surface area contributed by atoms with Crippen molar-refractivity contribution in [2.75, 3.05) is 0 Å². The Morgan fingerprint density at radius 1 is 1.45 bits per heavy atom. The third-order valence-electron chi connectivity index (χ3n) is 2.53. The summed E-state index contributed by atoms with van der Waals surface area (Å²) in [5.74, 6) is -0.682. The van der Waals surface area contributed by atoms with Crippen LogP contribution < -0.4 is 10.9 Å². The maximum Gasteiger partial charge on any atom is 0.286 e. The van der Waals surface area contributed by atoms with Crippen molar-refractivity contribution < 1.29 is 9.59 Å². The molecule has 0 spiro atoms. The van der Waals surface area contributed by atoms with E-state index in [1.54, 1.807) is 23.9 Å². The molecule has 0 aliphatic rings. The summed E-state index contributed by atoms with van der Waals surface area (Å²) < 4.78 is 2.46. The predicted molar refractivity (Wildman–Crippen MR) is 79.3 cm³/mol. The summed E-state index contributed by atoms with van der Waals surface area (Å²) in [7, 11) is 1.75. The molecule has 0 saturated carbocycles. The van der Waals surface area contributed by atoms with Gasteiger partial charge in [0.25, 0.3) is 5.91 Å². The van der Waals surface area contributed by atoms with Crippen molar-refractivity contribution >= 4 is 39.1 Å². The molecule has 6 nitrogen and oxygen atoms in total. The van der Waals surface area contributed by atoms with Crippen molar-refractivity contribution in [3.05, 3.63) is 38.5 Å². The predicted octanol–water partition coefficient (Wildman–Crippen LogP) is 1.56. The summed E-state index contributed by atoms with van der Waals surface area (Å²) in [5.41, 5.74) is 5.89. The average molecular weight is 357 g/mol. The van der Waals surface area contributed by atoms with Gasteiger partial charge in [0.05, 0.1) is 17.1 Å². The molecule has 2 aromatic heterocycles. The fourth-order valence-corrected chi connectivity index (χ4v) is 2.78. The molecule has 2 aromatic rings. The Morgan fingerprint density at radius 3 is 2.75 bits per heavy atom. The maximum absolute atomic E-state index is 11.9. The van der Waals surface area contributed by atoms with Gasteiger partial charge in [-0.2, -0.15) is 0 Å². The van der Waals surface area contributed by atoms with Crippen molar-refractivity contribution in [3.63, 3.8) is 0 Å². The van der Waals surface area contributed by atoms with Gasteiger partial charge in [-0.15, -0.1) is 11.3 Å². The van der Waals surface area contributed by atoms with Crippen molar-refractivity contribution in [1.82, 2.24) is 20.4 Å². The lowest BCUT2D eigenvalue weighted by Gasteiger charge is -2.07. The molecule has 2 N–H and O–H groups in total. The van der Waals surface area contributed by atoms with Gasteiger partial charge in [0.15, 0.2) is 0 Å². The van der Waals surface area contributed by atoms with Crippen LogP contribution in [0.4, 0.5) is 0 Å². The van der Waals surface area contributed by atoms with Crippen LogP contribution in [0.15, 0.2) is 22.1 Å². The second kappa shape index (κ2) is 6.19. The van der Waals surface area contributed by atoms with Crippen LogP contribution in [0.25, 0.3) is 0 Å². The Morgan fingerprint density at radius 2 is 2.20 bits per heavy atom. The van der Waals surface area contributed by atoms with Crippen molar-refractivity contribution in [2.24, 2.45) is 7.05 Å². The minimum atomic E-state index is -0.374. The molecule has 8 heteroatoms. The van der Waals surface area contributed by atoms with Crippen LogP contribution >= 0.6 is 27.3 Å². The number of rotatable bonds is 3. The lowest BCUT2D eigenvalue weighted by atomic mass is 10.3. The summed E-state index contributed by atoms with van der Waals surface area (Å²) in [5, 5.41) is 2.73. The number of carbonyl (C=O) groups excluding carboxylic acids is 2. The zero-order valence-electron chi connectivity index (χ0n) is 10.9. The number of amides is 2. The molecule has 0 aromatic carbocycles. The topological polar surface area (TPSA) is 76.0 Å².